The van der Waals surface area contributed by atoms with Crippen LogP contribution in [0, 0.1) is 0 Å². The summed E-state index contributed by atoms with van der Waals surface area (Å²) in [4.78, 5) is 4.37. The van der Waals surface area contributed by atoms with E-state index in [9.17, 15) is 0 Å². The van der Waals surface area contributed by atoms with Crippen LogP contribution in [0.4, 0.5) is 0 Å². The van der Waals surface area contributed by atoms with Gasteiger partial charge in [-0.3, -0.25) is 15.8 Å². The number of para-hydroxylation sites is 1. The van der Waals surface area contributed by atoms with Gasteiger partial charge in [0, 0.05) is 30.6 Å². The van der Waals surface area contributed by atoms with Gasteiger partial charge in [0.05, 0.1) is 5.52 Å². The Morgan fingerprint density at radius 2 is 1.87 bits per heavy atom. The van der Waals surface area contributed by atoms with E-state index in [2.05, 4.69) is 40.1 Å². The first-order chi connectivity index (χ1) is 7.45. The first-order valence-corrected chi connectivity index (χ1v) is 5.24. The van der Waals surface area contributed by atoms with Crippen molar-refractivity contribution in [1.29, 1.82) is 0 Å². The molecule has 3 nitrogen and oxygen atoms in total. The Hall–Kier alpha value is -1.45. The molecule has 1 fully saturated rings. The highest BCUT2D eigenvalue weighted by Gasteiger charge is 2.18. The second-order valence-corrected chi connectivity index (χ2v) is 3.88. The van der Waals surface area contributed by atoms with Crippen LogP contribution in [0.2, 0.25) is 0 Å². The maximum Gasteiger partial charge on any atom is 0.0704 e. The number of pyridine rings is 1. The lowest BCUT2D eigenvalue weighted by atomic mass is 9.97. The van der Waals surface area contributed by atoms with Crippen LogP contribution in [0.25, 0.3) is 10.9 Å². The second kappa shape index (κ2) is 3.61. The van der Waals surface area contributed by atoms with Crippen LogP contribution >= 0.6 is 0 Å². The fourth-order valence-corrected chi connectivity index (χ4v) is 2.16. The third-order valence-corrected chi connectivity index (χ3v) is 2.94. The van der Waals surface area contributed by atoms with E-state index in [1.807, 2.05) is 12.3 Å². The van der Waals surface area contributed by atoms with Crippen molar-refractivity contribution < 1.29 is 0 Å². The molecule has 0 radical (unpaired) electrons. The number of aromatic nitrogens is 1. The molecule has 2 heterocycles. The highest BCUT2D eigenvalue weighted by atomic mass is 15.4. The van der Waals surface area contributed by atoms with E-state index in [-0.39, 0.29) is 0 Å². The highest BCUT2D eigenvalue weighted by Crippen LogP contribution is 2.24. The minimum atomic E-state index is 0.554. The van der Waals surface area contributed by atoms with Crippen LogP contribution in [0.5, 0.6) is 0 Å². The van der Waals surface area contributed by atoms with Crippen LogP contribution < -0.4 is 10.9 Å². The SMILES string of the molecule is c1ccc2c(C3CNNC3)ccnc2c1. The van der Waals surface area contributed by atoms with Gasteiger partial charge in [0.1, 0.15) is 0 Å². The summed E-state index contributed by atoms with van der Waals surface area (Å²) in [5.41, 5.74) is 8.80. The lowest BCUT2D eigenvalue weighted by Crippen LogP contribution is -2.21. The lowest BCUT2D eigenvalue weighted by molar-refractivity contribution is 0.689. The van der Waals surface area contributed by atoms with Crippen molar-refractivity contribution in [3.8, 4) is 0 Å². The van der Waals surface area contributed by atoms with Crippen molar-refractivity contribution in [1.82, 2.24) is 15.8 Å². The summed E-state index contributed by atoms with van der Waals surface area (Å²) in [5.74, 6) is 0.554. The molecule has 0 aliphatic carbocycles. The molecule has 0 amide bonds. The van der Waals surface area contributed by atoms with Gasteiger partial charge in [-0.05, 0) is 17.7 Å². The zero-order chi connectivity index (χ0) is 10.1. The molecular formula is C12H13N3. The number of nitrogens with one attached hydrogen (secondary N) is 2. The van der Waals surface area contributed by atoms with Crippen molar-refractivity contribution in [3.63, 3.8) is 0 Å². The van der Waals surface area contributed by atoms with Crippen molar-refractivity contribution in [2.45, 2.75) is 5.92 Å². The predicted molar refractivity (Wildman–Crippen MR) is 60.5 cm³/mol. The van der Waals surface area contributed by atoms with Crippen LogP contribution in [0.1, 0.15) is 11.5 Å². The Balaban J connectivity index is 2.16. The summed E-state index contributed by atoms with van der Waals surface area (Å²) in [5, 5.41) is 1.27. The van der Waals surface area contributed by atoms with E-state index in [1.165, 1.54) is 10.9 Å². The molecule has 1 aromatic carbocycles. The predicted octanol–water partition coefficient (Wildman–Crippen LogP) is 1.43. The third-order valence-electron chi connectivity index (χ3n) is 2.94. The van der Waals surface area contributed by atoms with E-state index >= 15 is 0 Å². The normalized spacial score (nSPS) is 17.3. The number of nitrogens with zero attached hydrogens (tertiary/aromatic N) is 1. The standard InChI is InChI=1S/C12H13N3/c1-2-4-12-11(3-1)10(5-6-13-12)9-7-14-15-8-9/h1-6,9,14-15H,7-8H2. The number of benzene rings is 1. The fourth-order valence-electron chi connectivity index (χ4n) is 2.16. The molecule has 2 N–H and O–H groups in total. The topological polar surface area (TPSA) is 37.0 Å². The maximum absolute atomic E-state index is 4.37. The average molecular weight is 199 g/mol. The van der Waals surface area contributed by atoms with Gasteiger partial charge < -0.3 is 0 Å². The first-order valence-electron chi connectivity index (χ1n) is 5.24. The molecular weight excluding hydrogens is 186 g/mol. The quantitative estimate of drug-likeness (QED) is 0.729. The van der Waals surface area contributed by atoms with Crippen LogP contribution in [0.15, 0.2) is 36.5 Å². The molecule has 0 spiro atoms. The van der Waals surface area contributed by atoms with Gasteiger partial charge in [0.2, 0.25) is 0 Å². The molecule has 0 saturated carbocycles. The Labute approximate surface area is 88.5 Å². The average Bonchev–Trinajstić information content (AvgIpc) is 2.82. The fraction of sp³-hybridized carbons (Fsp3) is 0.250. The number of hydrazine groups is 1. The van der Waals surface area contributed by atoms with E-state index < -0.39 is 0 Å². The van der Waals surface area contributed by atoms with Crippen molar-refractivity contribution in [2.24, 2.45) is 0 Å². The molecule has 1 saturated heterocycles. The summed E-state index contributed by atoms with van der Waals surface area (Å²) in [6.45, 7) is 1.99. The van der Waals surface area contributed by atoms with Gasteiger partial charge in [0.25, 0.3) is 0 Å². The minimum Gasteiger partial charge on any atom is -0.257 e. The Morgan fingerprint density at radius 3 is 2.73 bits per heavy atom. The molecule has 3 heteroatoms. The van der Waals surface area contributed by atoms with Crippen molar-refractivity contribution >= 4 is 10.9 Å². The van der Waals surface area contributed by atoms with Gasteiger partial charge in [-0.1, -0.05) is 18.2 Å². The number of rotatable bonds is 1. The highest BCUT2D eigenvalue weighted by molar-refractivity contribution is 5.82. The van der Waals surface area contributed by atoms with E-state index in [1.54, 1.807) is 0 Å². The molecule has 1 aliphatic heterocycles. The van der Waals surface area contributed by atoms with Gasteiger partial charge in [0.15, 0.2) is 0 Å². The molecule has 2 aromatic rings. The summed E-state index contributed by atoms with van der Waals surface area (Å²) in [6.07, 6.45) is 1.90. The van der Waals surface area contributed by atoms with Crippen LogP contribution in [0.3, 0.4) is 0 Å². The zero-order valence-electron chi connectivity index (χ0n) is 8.40. The molecule has 1 aromatic heterocycles. The van der Waals surface area contributed by atoms with Crippen LogP contribution in [-0.4, -0.2) is 18.1 Å². The maximum atomic E-state index is 4.37. The largest absolute Gasteiger partial charge is 0.257 e. The first kappa shape index (κ1) is 8.83. The van der Waals surface area contributed by atoms with Gasteiger partial charge in [-0.15, -0.1) is 0 Å². The van der Waals surface area contributed by atoms with E-state index in [0.29, 0.717) is 5.92 Å². The number of hydrogen-bond donors (Lipinski definition) is 2. The molecule has 3 rings (SSSR count). The Bertz CT molecular complexity index is 470. The molecule has 0 bridgehead atoms. The van der Waals surface area contributed by atoms with Crippen molar-refractivity contribution in [2.75, 3.05) is 13.1 Å². The Kier molecular flexibility index (Phi) is 2.12. The lowest BCUT2D eigenvalue weighted by Gasteiger charge is -2.10. The Morgan fingerprint density at radius 1 is 1.07 bits per heavy atom. The summed E-state index contributed by atoms with van der Waals surface area (Å²) in [6, 6.07) is 10.4. The molecule has 15 heavy (non-hydrogen) atoms. The minimum absolute atomic E-state index is 0.554. The van der Waals surface area contributed by atoms with Gasteiger partial charge >= 0.3 is 0 Å². The smallest absolute Gasteiger partial charge is 0.0704 e. The summed E-state index contributed by atoms with van der Waals surface area (Å²) >= 11 is 0. The molecule has 76 valence electrons. The van der Waals surface area contributed by atoms with Crippen LogP contribution in [-0.2, 0) is 0 Å². The summed E-state index contributed by atoms with van der Waals surface area (Å²) in [7, 11) is 0. The van der Waals surface area contributed by atoms with E-state index in [4.69, 9.17) is 0 Å². The van der Waals surface area contributed by atoms with E-state index in [0.717, 1.165) is 18.6 Å². The van der Waals surface area contributed by atoms with Gasteiger partial charge in [-0.25, -0.2) is 0 Å². The monoisotopic (exact) mass is 199 g/mol. The second-order valence-electron chi connectivity index (χ2n) is 3.88. The molecule has 0 atom stereocenters. The van der Waals surface area contributed by atoms with Gasteiger partial charge in [-0.2, -0.15) is 0 Å². The molecule has 1 aliphatic rings. The van der Waals surface area contributed by atoms with Crippen molar-refractivity contribution in [3.05, 3.63) is 42.1 Å². The molecule has 0 unspecified atom stereocenters. The summed E-state index contributed by atoms with van der Waals surface area (Å²) < 4.78 is 0. The number of fused-ring (bicyclic) bond motifs is 1. The third kappa shape index (κ3) is 1.50. The zero-order valence-corrected chi connectivity index (χ0v) is 8.40. The number of hydrogen-bond acceptors (Lipinski definition) is 3.